The second kappa shape index (κ2) is 8.63. The molecule has 0 saturated carbocycles. The van der Waals surface area contributed by atoms with Gasteiger partial charge in [0.25, 0.3) is 0 Å². The van der Waals surface area contributed by atoms with Crippen LogP contribution >= 0.6 is 0 Å². The summed E-state index contributed by atoms with van der Waals surface area (Å²) in [7, 11) is 3.07. The Morgan fingerprint density at radius 1 is 1.29 bits per heavy atom. The van der Waals surface area contributed by atoms with E-state index < -0.39 is 5.97 Å². The number of methoxy groups -OCH3 is 2. The Hall–Kier alpha value is -2.50. The molecule has 0 aliphatic rings. The molecule has 114 valence electrons. The van der Waals surface area contributed by atoms with E-state index in [2.05, 4.69) is 5.32 Å². The Kier molecular flexibility index (Phi) is 6.80. The van der Waals surface area contributed by atoms with Crippen molar-refractivity contribution in [1.82, 2.24) is 5.32 Å². The molecule has 0 fully saturated rings. The number of aliphatic carboxylic acids is 1. The number of benzene rings is 1. The molecule has 21 heavy (non-hydrogen) atoms. The van der Waals surface area contributed by atoms with Crippen molar-refractivity contribution < 1.29 is 24.2 Å². The molecule has 1 rings (SSSR count). The van der Waals surface area contributed by atoms with Crippen LogP contribution in [0.5, 0.6) is 11.5 Å². The number of carbonyl (C=O) groups excluding carboxylic acids is 1. The maximum atomic E-state index is 11.6. The maximum Gasteiger partial charge on any atom is 0.303 e. The fourth-order valence-corrected chi connectivity index (χ4v) is 1.72. The minimum absolute atomic E-state index is 0.0354. The lowest BCUT2D eigenvalue weighted by Gasteiger charge is -2.09. The smallest absolute Gasteiger partial charge is 0.303 e. The molecular weight excluding hydrogens is 274 g/mol. The van der Waals surface area contributed by atoms with E-state index in [0.29, 0.717) is 24.5 Å². The highest BCUT2D eigenvalue weighted by molar-refractivity contribution is 5.92. The molecule has 0 aliphatic carbocycles. The van der Waals surface area contributed by atoms with Gasteiger partial charge in [0.2, 0.25) is 5.91 Å². The van der Waals surface area contributed by atoms with Crippen LogP contribution in [0.4, 0.5) is 0 Å². The number of rotatable bonds is 8. The van der Waals surface area contributed by atoms with Crippen molar-refractivity contribution in [1.29, 1.82) is 0 Å². The summed E-state index contributed by atoms with van der Waals surface area (Å²) < 4.78 is 10.4. The Balaban J connectivity index is 2.60. The van der Waals surface area contributed by atoms with Crippen LogP contribution < -0.4 is 14.8 Å². The monoisotopic (exact) mass is 293 g/mol. The third kappa shape index (κ3) is 5.56. The first-order valence-corrected chi connectivity index (χ1v) is 6.47. The first kappa shape index (κ1) is 16.6. The maximum absolute atomic E-state index is 11.6. The molecule has 0 radical (unpaired) electrons. The number of amides is 1. The number of hydrogen-bond donors (Lipinski definition) is 2. The summed E-state index contributed by atoms with van der Waals surface area (Å²) >= 11 is 0. The average Bonchev–Trinajstić information content (AvgIpc) is 2.48. The average molecular weight is 293 g/mol. The molecule has 0 spiro atoms. The van der Waals surface area contributed by atoms with Gasteiger partial charge in [-0.05, 0) is 18.6 Å². The zero-order chi connectivity index (χ0) is 15.7. The fraction of sp³-hybridized carbons (Fsp3) is 0.333. The highest BCUT2D eigenvalue weighted by Crippen LogP contribution is 2.31. The van der Waals surface area contributed by atoms with E-state index >= 15 is 0 Å². The summed E-state index contributed by atoms with van der Waals surface area (Å²) in [6.45, 7) is 0.324. The van der Waals surface area contributed by atoms with E-state index in [0.717, 1.165) is 5.56 Å². The van der Waals surface area contributed by atoms with Gasteiger partial charge < -0.3 is 19.9 Å². The van der Waals surface area contributed by atoms with E-state index in [1.807, 2.05) is 0 Å². The minimum Gasteiger partial charge on any atom is -0.493 e. The second-order valence-electron chi connectivity index (χ2n) is 4.20. The van der Waals surface area contributed by atoms with Crippen LogP contribution in [0.2, 0.25) is 0 Å². The molecule has 0 unspecified atom stereocenters. The van der Waals surface area contributed by atoms with Crippen molar-refractivity contribution in [2.75, 3.05) is 20.8 Å². The predicted molar refractivity (Wildman–Crippen MR) is 78.5 cm³/mol. The van der Waals surface area contributed by atoms with Crippen molar-refractivity contribution in [2.45, 2.75) is 12.8 Å². The molecular formula is C15H19NO5. The highest BCUT2D eigenvalue weighted by atomic mass is 16.5. The number of carboxylic acids is 1. The lowest BCUT2D eigenvalue weighted by atomic mass is 10.1. The Bertz CT molecular complexity index is 525. The number of para-hydroxylation sites is 1. The normalized spacial score (nSPS) is 10.4. The van der Waals surface area contributed by atoms with Crippen molar-refractivity contribution in [3.63, 3.8) is 0 Å². The van der Waals surface area contributed by atoms with Crippen LogP contribution in [0.1, 0.15) is 18.4 Å². The Morgan fingerprint density at radius 3 is 2.67 bits per heavy atom. The largest absolute Gasteiger partial charge is 0.493 e. The summed E-state index contributed by atoms with van der Waals surface area (Å²) in [5.41, 5.74) is 0.720. The standard InChI is InChI=1S/C15H19NO5/c1-20-12-6-3-5-11(15(12)21-2)8-9-13(17)16-10-4-7-14(18)19/h3,5-6,8-9H,4,7,10H2,1-2H3,(H,16,17)(H,18,19)/b9-8-. The molecule has 6 heteroatoms. The van der Waals surface area contributed by atoms with Crippen LogP contribution in [-0.2, 0) is 9.59 Å². The quantitative estimate of drug-likeness (QED) is 0.563. The van der Waals surface area contributed by atoms with Crippen molar-refractivity contribution in [3.8, 4) is 11.5 Å². The van der Waals surface area contributed by atoms with Crippen LogP contribution in [0.25, 0.3) is 6.08 Å². The topological polar surface area (TPSA) is 84.9 Å². The van der Waals surface area contributed by atoms with Crippen LogP contribution in [0.3, 0.4) is 0 Å². The first-order valence-electron chi connectivity index (χ1n) is 6.47. The molecule has 1 aromatic carbocycles. The third-order valence-corrected chi connectivity index (χ3v) is 2.71. The minimum atomic E-state index is -0.874. The highest BCUT2D eigenvalue weighted by Gasteiger charge is 2.07. The Labute approximate surface area is 123 Å². The summed E-state index contributed by atoms with van der Waals surface area (Å²) in [5.74, 6) is -0.0254. The van der Waals surface area contributed by atoms with Crippen LogP contribution in [0.15, 0.2) is 24.3 Å². The lowest BCUT2D eigenvalue weighted by Crippen LogP contribution is -2.22. The van der Waals surface area contributed by atoms with E-state index in [9.17, 15) is 9.59 Å². The van der Waals surface area contributed by atoms with Gasteiger partial charge in [-0.1, -0.05) is 12.1 Å². The molecule has 1 amide bonds. The van der Waals surface area contributed by atoms with E-state index in [1.54, 1.807) is 31.4 Å². The molecule has 0 aromatic heterocycles. The van der Waals surface area contributed by atoms with Crippen LogP contribution in [0, 0.1) is 0 Å². The van der Waals surface area contributed by atoms with Crippen molar-refractivity contribution >= 4 is 18.0 Å². The first-order chi connectivity index (χ1) is 10.1. The zero-order valence-electron chi connectivity index (χ0n) is 12.1. The molecule has 0 bridgehead atoms. The summed E-state index contributed by atoms with van der Waals surface area (Å²) in [5, 5.41) is 11.1. The number of nitrogens with one attached hydrogen (secondary N) is 1. The SMILES string of the molecule is COc1cccc(/C=C\C(=O)NCCCC(=O)O)c1OC. The van der Waals surface area contributed by atoms with Gasteiger partial charge >= 0.3 is 5.97 Å². The lowest BCUT2D eigenvalue weighted by molar-refractivity contribution is -0.137. The van der Waals surface area contributed by atoms with Gasteiger partial charge in [0.05, 0.1) is 14.2 Å². The molecule has 0 saturated heterocycles. The Morgan fingerprint density at radius 2 is 2.05 bits per heavy atom. The van der Waals surface area contributed by atoms with Gasteiger partial charge in [0.1, 0.15) is 0 Å². The molecule has 0 aliphatic heterocycles. The van der Waals surface area contributed by atoms with Gasteiger partial charge in [0.15, 0.2) is 11.5 Å². The van der Waals surface area contributed by atoms with Crippen LogP contribution in [-0.4, -0.2) is 37.7 Å². The van der Waals surface area contributed by atoms with E-state index in [-0.39, 0.29) is 12.3 Å². The summed E-state index contributed by atoms with van der Waals surface area (Å²) in [4.78, 5) is 21.9. The van der Waals surface area contributed by atoms with Gasteiger partial charge in [-0.2, -0.15) is 0 Å². The molecule has 1 aromatic rings. The second-order valence-corrected chi connectivity index (χ2v) is 4.20. The van der Waals surface area contributed by atoms with Gasteiger partial charge in [-0.15, -0.1) is 0 Å². The number of carboxylic acid groups (broad SMARTS) is 1. The third-order valence-electron chi connectivity index (χ3n) is 2.71. The van der Waals surface area contributed by atoms with E-state index in [4.69, 9.17) is 14.6 Å². The fourth-order valence-electron chi connectivity index (χ4n) is 1.72. The van der Waals surface area contributed by atoms with Crippen molar-refractivity contribution in [3.05, 3.63) is 29.8 Å². The number of ether oxygens (including phenoxy) is 2. The van der Waals surface area contributed by atoms with Crippen molar-refractivity contribution in [2.24, 2.45) is 0 Å². The molecule has 6 nitrogen and oxygen atoms in total. The zero-order valence-corrected chi connectivity index (χ0v) is 12.1. The van der Waals surface area contributed by atoms with E-state index in [1.165, 1.54) is 13.2 Å². The molecule has 2 N–H and O–H groups in total. The molecule has 0 heterocycles. The number of hydrogen-bond acceptors (Lipinski definition) is 4. The molecule has 0 atom stereocenters. The van der Waals surface area contributed by atoms with Gasteiger partial charge in [0, 0.05) is 24.6 Å². The predicted octanol–water partition coefficient (Wildman–Crippen LogP) is 1.70. The summed E-state index contributed by atoms with van der Waals surface area (Å²) in [6.07, 6.45) is 3.43. The van der Waals surface area contributed by atoms with Gasteiger partial charge in [-0.25, -0.2) is 0 Å². The van der Waals surface area contributed by atoms with Gasteiger partial charge in [-0.3, -0.25) is 9.59 Å². The summed E-state index contributed by atoms with van der Waals surface area (Å²) in [6, 6.07) is 5.36. The number of carbonyl (C=O) groups is 2.